The van der Waals surface area contributed by atoms with Crippen molar-refractivity contribution in [2.24, 2.45) is 5.92 Å². The number of amides is 2. The summed E-state index contributed by atoms with van der Waals surface area (Å²) >= 11 is 1.42. The second-order valence-electron chi connectivity index (χ2n) is 6.17. The third kappa shape index (κ3) is 4.10. The van der Waals surface area contributed by atoms with Crippen molar-refractivity contribution >= 4 is 38.5 Å². The smallest absolute Gasteiger partial charge is 0.231 e. The number of nitrogens with one attached hydrogen (secondary N) is 1. The number of thiazole rings is 1. The van der Waals surface area contributed by atoms with Crippen molar-refractivity contribution in [2.75, 3.05) is 25.0 Å². The summed E-state index contributed by atoms with van der Waals surface area (Å²) in [6.45, 7) is 5.88. The van der Waals surface area contributed by atoms with Crippen molar-refractivity contribution in [3.63, 3.8) is 0 Å². The normalized spacial score (nSPS) is 17.3. The Balaban J connectivity index is 1.65. The van der Waals surface area contributed by atoms with E-state index < -0.39 is 0 Å². The van der Waals surface area contributed by atoms with E-state index in [0.29, 0.717) is 18.3 Å². The molecule has 1 aliphatic heterocycles. The van der Waals surface area contributed by atoms with Crippen LogP contribution in [0.15, 0.2) is 18.2 Å². The number of fused-ring (bicyclic) bond motifs is 1. The van der Waals surface area contributed by atoms with Crippen LogP contribution in [0.25, 0.3) is 10.2 Å². The maximum atomic E-state index is 12.5. The molecule has 2 aromatic rings. The predicted molar refractivity (Wildman–Crippen MR) is 99.0 cm³/mol. The van der Waals surface area contributed by atoms with E-state index in [0.717, 1.165) is 35.4 Å². The average Bonchev–Trinajstić information content (AvgIpc) is 3.15. The summed E-state index contributed by atoms with van der Waals surface area (Å²) in [4.78, 5) is 30.7. The Morgan fingerprint density at radius 2 is 2.28 bits per heavy atom. The van der Waals surface area contributed by atoms with Crippen LogP contribution < -0.4 is 10.1 Å². The highest BCUT2D eigenvalue weighted by Crippen LogP contribution is 2.30. The Kier molecular flexibility index (Phi) is 5.53. The molecular weight excluding hydrogens is 338 g/mol. The molecule has 134 valence electrons. The topological polar surface area (TPSA) is 71.5 Å². The summed E-state index contributed by atoms with van der Waals surface area (Å²) in [6.07, 6.45) is 2.30. The second-order valence-corrected chi connectivity index (χ2v) is 7.20. The first-order valence-electron chi connectivity index (χ1n) is 8.72. The number of benzene rings is 1. The molecule has 25 heavy (non-hydrogen) atoms. The predicted octanol–water partition coefficient (Wildman–Crippen LogP) is 3.28. The number of carbonyl (C=O) groups is 2. The number of nitrogens with zero attached hydrogens (tertiary/aromatic N) is 2. The van der Waals surface area contributed by atoms with E-state index in [4.69, 9.17) is 4.74 Å². The Labute approximate surface area is 151 Å². The van der Waals surface area contributed by atoms with Gasteiger partial charge >= 0.3 is 0 Å². The number of unbranched alkanes of at least 4 members (excludes halogenated alkanes) is 1. The van der Waals surface area contributed by atoms with Gasteiger partial charge in [-0.2, -0.15) is 0 Å². The van der Waals surface area contributed by atoms with Crippen molar-refractivity contribution < 1.29 is 14.3 Å². The average molecular weight is 361 g/mol. The molecule has 1 unspecified atom stereocenters. The van der Waals surface area contributed by atoms with Crippen LogP contribution in [0, 0.1) is 5.92 Å². The van der Waals surface area contributed by atoms with Crippen LogP contribution in [0.3, 0.4) is 0 Å². The fourth-order valence-electron chi connectivity index (χ4n) is 2.94. The molecule has 0 saturated carbocycles. The van der Waals surface area contributed by atoms with E-state index in [9.17, 15) is 9.59 Å². The quantitative estimate of drug-likeness (QED) is 0.821. The van der Waals surface area contributed by atoms with E-state index in [1.165, 1.54) is 11.3 Å². The van der Waals surface area contributed by atoms with Gasteiger partial charge in [-0.25, -0.2) is 4.98 Å². The fraction of sp³-hybridized carbons (Fsp3) is 0.500. The number of rotatable bonds is 7. The van der Waals surface area contributed by atoms with Crippen molar-refractivity contribution in [1.82, 2.24) is 9.88 Å². The van der Waals surface area contributed by atoms with Crippen LogP contribution >= 0.6 is 11.3 Å². The molecule has 1 aromatic heterocycles. The lowest BCUT2D eigenvalue weighted by atomic mass is 10.1. The van der Waals surface area contributed by atoms with Gasteiger partial charge in [-0.1, -0.05) is 24.7 Å². The van der Waals surface area contributed by atoms with E-state index in [-0.39, 0.29) is 24.2 Å². The van der Waals surface area contributed by atoms with Crippen LogP contribution in [0.4, 0.5) is 5.13 Å². The van der Waals surface area contributed by atoms with Gasteiger partial charge in [0.25, 0.3) is 0 Å². The molecule has 1 aromatic carbocycles. The number of ether oxygens (including phenoxy) is 1. The molecule has 1 fully saturated rings. The van der Waals surface area contributed by atoms with Gasteiger partial charge in [0.2, 0.25) is 11.8 Å². The van der Waals surface area contributed by atoms with Gasteiger partial charge in [0, 0.05) is 19.5 Å². The van der Waals surface area contributed by atoms with Gasteiger partial charge in [-0.3, -0.25) is 9.59 Å². The van der Waals surface area contributed by atoms with Gasteiger partial charge in [0.05, 0.1) is 22.7 Å². The highest BCUT2D eigenvalue weighted by atomic mass is 32.1. The molecule has 7 heteroatoms. The summed E-state index contributed by atoms with van der Waals surface area (Å²) < 4.78 is 6.46. The number of hydrogen-bond acceptors (Lipinski definition) is 5. The third-order valence-corrected chi connectivity index (χ3v) is 5.20. The number of anilines is 1. The molecule has 0 radical (unpaired) electrons. The van der Waals surface area contributed by atoms with Gasteiger partial charge in [0.1, 0.15) is 5.75 Å². The molecule has 1 N–H and O–H groups in total. The first-order chi connectivity index (χ1) is 12.1. The largest absolute Gasteiger partial charge is 0.494 e. The maximum absolute atomic E-state index is 12.5. The first-order valence-corrected chi connectivity index (χ1v) is 9.54. The minimum atomic E-state index is -0.296. The lowest BCUT2D eigenvalue weighted by Crippen LogP contribution is -2.29. The van der Waals surface area contributed by atoms with Gasteiger partial charge in [-0.15, -0.1) is 0 Å². The third-order valence-electron chi connectivity index (χ3n) is 4.27. The molecule has 2 heterocycles. The van der Waals surface area contributed by atoms with Crippen LogP contribution in [0.5, 0.6) is 5.75 Å². The molecule has 2 amide bonds. The van der Waals surface area contributed by atoms with Crippen molar-refractivity contribution in [3.05, 3.63) is 18.2 Å². The van der Waals surface area contributed by atoms with Crippen LogP contribution in [0.1, 0.15) is 33.1 Å². The molecule has 0 spiro atoms. The van der Waals surface area contributed by atoms with Crippen LogP contribution in [-0.2, 0) is 9.59 Å². The molecule has 0 aliphatic carbocycles. The molecule has 3 rings (SSSR count). The zero-order valence-electron chi connectivity index (χ0n) is 14.6. The zero-order valence-corrected chi connectivity index (χ0v) is 15.4. The number of likely N-dealkylation sites (tertiary alicyclic amines) is 1. The Morgan fingerprint density at radius 3 is 3.04 bits per heavy atom. The fourth-order valence-corrected chi connectivity index (χ4v) is 3.83. The molecular formula is C18H23N3O3S. The van der Waals surface area contributed by atoms with E-state index in [1.54, 1.807) is 4.90 Å². The van der Waals surface area contributed by atoms with E-state index in [2.05, 4.69) is 17.2 Å². The molecule has 1 saturated heterocycles. The molecule has 0 bridgehead atoms. The summed E-state index contributed by atoms with van der Waals surface area (Å²) in [7, 11) is 0. The van der Waals surface area contributed by atoms with Crippen molar-refractivity contribution in [2.45, 2.75) is 33.1 Å². The van der Waals surface area contributed by atoms with E-state index >= 15 is 0 Å². The van der Waals surface area contributed by atoms with Crippen LogP contribution in [0.2, 0.25) is 0 Å². The minimum absolute atomic E-state index is 0.0688. The van der Waals surface area contributed by atoms with Crippen molar-refractivity contribution in [3.8, 4) is 5.75 Å². The van der Waals surface area contributed by atoms with Gasteiger partial charge in [0.15, 0.2) is 5.13 Å². The number of carbonyl (C=O) groups excluding carboxylic acids is 2. The highest BCUT2D eigenvalue weighted by molar-refractivity contribution is 7.22. The summed E-state index contributed by atoms with van der Waals surface area (Å²) in [5.41, 5.74) is 0.829. The standard InChI is InChI=1S/C18H23N3O3S/c1-3-5-8-21-11-12(9-16(21)22)17(23)20-18-19-14-7-6-13(24-4-2)10-15(14)25-18/h6-7,10,12H,3-5,8-9,11H2,1-2H3,(H,19,20,23). The zero-order chi connectivity index (χ0) is 17.8. The minimum Gasteiger partial charge on any atom is -0.494 e. The summed E-state index contributed by atoms with van der Waals surface area (Å²) in [6, 6.07) is 5.69. The van der Waals surface area contributed by atoms with Gasteiger partial charge in [-0.05, 0) is 31.5 Å². The Bertz CT molecular complexity index is 774. The molecule has 1 atom stereocenters. The Morgan fingerprint density at radius 1 is 1.44 bits per heavy atom. The van der Waals surface area contributed by atoms with Gasteiger partial charge < -0.3 is 15.0 Å². The summed E-state index contributed by atoms with van der Waals surface area (Å²) in [5, 5.41) is 3.43. The SMILES string of the molecule is CCCCN1CC(C(=O)Nc2nc3ccc(OCC)cc3s2)CC1=O. The second kappa shape index (κ2) is 7.82. The number of hydrogen-bond donors (Lipinski definition) is 1. The monoisotopic (exact) mass is 361 g/mol. The first kappa shape index (κ1) is 17.7. The lowest BCUT2D eigenvalue weighted by molar-refractivity contribution is -0.128. The van der Waals surface area contributed by atoms with E-state index in [1.807, 2.05) is 25.1 Å². The molecule has 1 aliphatic rings. The lowest BCUT2D eigenvalue weighted by Gasteiger charge is -2.15. The maximum Gasteiger partial charge on any atom is 0.231 e. The number of aromatic nitrogens is 1. The highest BCUT2D eigenvalue weighted by Gasteiger charge is 2.34. The Hall–Kier alpha value is -2.15. The summed E-state index contributed by atoms with van der Waals surface area (Å²) in [5.74, 6) is 0.440. The van der Waals surface area contributed by atoms with Crippen LogP contribution in [-0.4, -0.2) is 41.4 Å². The molecule has 6 nitrogen and oxygen atoms in total. The van der Waals surface area contributed by atoms with Crippen molar-refractivity contribution in [1.29, 1.82) is 0 Å².